The Bertz CT molecular complexity index is 2160. The van der Waals surface area contributed by atoms with Crippen LogP contribution in [0.5, 0.6) is 0 Å². The molecule has 0 fully saturated rings. The monoisotopic (exact) mass is 537 g/mol. The lowest BCUT2D eigenvalue weighted by Crippen LogP contribution is -2.11. The van der Waals surface area contributed by atoms with E-state index in [9.17, 15) is 0 Å². The first-order valence-electron chi connectivity index (χ1n) is 14.3. The molecule has 0 radical (unpaired) electrons. The molecule has 198 valence electrons. The van der Waals surface area contributed by atoms with Crippen LogP contribution < -0.4 is 4.90 Å². The first kappa shape index (κ1) is 24.2. The van der Waals surface area contributed by atoms with Crippen LogP contribution in [-0.2, 0) is 0 Å². The SMILES string of the molecule is c1ccc(-c2ccc(N(c3ccccc3)c3ccc4c(oc5ccc6ccccc6c54)c3-c3ccccc3)cc2)cc1. The van der Waals surface area contributed by atoms with Crippen LogP contribution in [0.1, 0.15) is 0 Å². The molecule has 0 aliphatic carbocycles. The number of anilines is 3. The van der Waals surface area contributed by atoms with Gasteiger partial charge in [-0.05, 0) is 69.9 Å². The smallest absolute Gasteiger partial charge is 0.145 e. The molecule has 8 aromatic rings. The van der Waals surface area contributed by atoms with Crippen LogP contribution in [0.4, 0.5) is 17.1 Å². The highest BCUT2D eigenvalue weighted by molar-refractivity contribution is 6.22. The maximum absolute atomic E-state index is 6.76. The van der Waals surface area contributed by atoms with Crippen molar-refractivity contribution >= 4 is 49.8 Å². The quantitative estimate of drug-likeness (QED) is 0.217. The second-order valence-electron chi connectivity index (χ2n) is 10.5. The lowest BCUT2D eigenvalue weighted by Gasteiger charge is -2.28. The Labute approximate surface area is 244 Å². The van der Waals surface area contributed by atoms with Crippen LogP contribution in [0.15, 0.2) is 168 Å². The zero-order chi connectivity index (χ0) is 27.9. The van der Waals surface area contributed by atoms with Gasteiger partial charge in [0, 0.05) is 27.7 Å². The second kappa shape index (κ2) is 10.1. The summed E-state index contributed by atoms with van der Waals surface area (Å²) in [4.78, 5) is 2.34. The summed E-state index contributed by atoms with van der Waals surface area (Å²) in [6.07, 6.45) is 0. The Morgan fingerprint density at radius 3 is 1.74 bits per heavy atom. The predicted molar refractivity (Wildman–Crippen MR) is 177 cm³/mol. The Hall–Kier alpha value is -5.60. The molecule has 0 amide bonds. The number of furan rings is 1. The van der Waals surface area contributed by atoms with Crippen molar-refractivity contribution in [3.05, 3.63) is 164 Å². The molecule has 0 aliphatic rings. The average molecular weight is 538 g/mol. The highest BCUT2D eigenvalue weighted by atomic mass is 16.3. The minimum absolute atomic E-state index is 0.895. The molecular formula is C40H27NO. The molecule has 0 bridgehead atoms. The standard InChI is InChI=1S/C40H27NO/c1-4-12-28(13-5-1)29-20-23-33(24-21-29)41(32-17-8-3-9-18-32)36-26-25-35-39-34-19-11-10-14-30(34)22-27-37(39)42-40(35)38(36)31-15-6-2-7-16-31/h1-27H. The second-order valence-corrected chi connectivity index (χ2v) is 10.5. The van der Waals surface area contributed by atoms with Gasteiger partial charge in [0.25, 0.3) is 0 Å². The molecule has 0 spiro atoms. The van der Waals surface area contributed by atoms with Crippen LogP contribution in [0, 0.1) is 0 Å². The van der Waals surface area contributed by atoms with E-state index in [4.69, 9.17) is 4.42 Å². The van der Waals surface area contributed by atoms with Crippen molar-refractivity contribution < 1.29 is 4.42 Å². The van der Waals surface area contributed by atoms with E-state index in [2.05, 4.69) is 169 Å². The van der Waals surface area contributed by atoms with Gasteiger partial charge in [0.15, 0.2) is 0 Å². The number of hydrogen-bond donors (Lipinski definition) is 0. The van der Waals surface area contributed by atoms with Gasteiger partial charge >= 0.3 is 0 Å². The molecule has 8 rings (SSSR count). The van der Waals surface area contributed by atoms with Crippen molar-refractivity contribution in [3.63, 3.8) is 0 Å². The fraction of sp³-hybridized carbons (Fsp3) is 0. The van der Waals surface area contributed by atoms with Gasteiger partial charge in [0.05, 0.1) is 5.69 Å². The Balaban J connectivity index is 1.41. The van der Waals surface area contributed by atoms with E-state index in [1.54, 1.807) is 0 Å². The van der Waals surface area contributed by atoms with Crippen molar-refractivity contribution in [1.82, 2.24) is 0 Å². The summed E-state index contributed by atoms with van der Waals surface area (Å²) >= 11 is 0. The van der Waals surface area contributed by atoms with Crippen molar-refractivity contribution in [2.24, 2.45) is 0 Å². The molecule has 1 aromatic heterocycles. The fourth-order valence-electron chi connectivity index (χ4n) is 6.11. The molecule has 1 heterocycles. The van der Waals surface area contributed by atoms with Crippen LogP contribution in [-0.4, -0.2) is 0 Å². The topological polar surface area (TPSA) is 16.4 Å². The molecule has 2 nitrogen and oxygen atoms in total. The Morgan fingerprint density at radius 1 is 0.405 bits per heavy atom. The summed E-state index contributed by atoms with van der Waals surface area (Å²) in [5.41, 5.74) is 9.61. The molecule has 0 unspecified atom stereocenters. The number of hydrogen-bond acceptors (Lipinski definition) is 2. The van der Waals surface area contributed by atoms with Gasteiger partial charge in [-0.1, -0.05) is 121 Å². The molecule has 42 heavy (non-hydrogen) atoms. The number of benzene rings is 7. The minimum atomic E-state index is 0.895. The van der Waals surface area contributed by atoms with E-state index in [1.165, 1.54) is 21.9 Å². The largest absolute Gasteiger partial charge is 0.455 e. The summed E-state index contributed by atoms with van der Waals surface area (Å²) in [7, 11) is 0. The van der Waals surface area contributed by atoms with Crippen LogP contribution >= 0.6 is 0 Å². The number of fused-ring (bicyclic) bond motifs is 5. The lowest BCUT2D eigenvalue weighted by molar-refractivity contribution is 0.670. The van der Waals surface area contributed by atoms with E-state index >= 15 is 0 Å². The highest BCUT2D eigenvalue weighted by Gasteiger charge is 2.23. The average Bonchev–Trinajstić information content (AvgIpc) is 3.46. The summed E-state index contributed by atoms with van der Waals surface area (Å²) in [6.45, 7) is 0. The summed E-state index contributed by atoms with van der Waals surface area (Å²) < 4.78 is 6.76. The normalized spacial score (nSPS) is 11.3. The van der Waals surface area contributed by atoms with Gasteiger partial charge in [-0.15, -0.1) is 0 Å². The van der Waals surface area contributed by atoms with Gasteiger partial charge in [-0.3, -0.25) is 0 Å². The summed E-state index contributed by atoms with van der Waals surface area (Å²) in [6, 6.07) is 57.8. The molecule has 0 aliphatic heterocycles. The number of nitrogens with zero attached hydrogens (tertiary/aromatic N) is 1. The molecule has 2 heteroatoms. The van der Waals surface area contributed by atoms with Crippen LogP contribution in [0.3, 0.4) is 0 Å². The van der Waals surface area contributed by atoms with Crippen LogP contribution in [0.2, 0.25) is 0 Å². The van der Waals surface area contributed by atoms with Gasteiger partial charge in [-0.25, -0.2) is 0 Å². The first-order chi connectivity index (χ1) is 20.8. The van der Waals surface area contributed by atoms with Crippen molar-refractivity contribution in [3.8, 4) is 22.3 Å². The van der Waals surface area contributed by atoms with Gasteiger partial charge in [0.1, 0.15) is 11.2 Å². The fourth-order valence-corrected chi connectivity index (χ4v) is 6.11. The molecular weight excluding hydrogens is 510 g/mol. The maximum atomic E-state index is 6.76. The molecule has 0 saturated carbocycles. The minimum Gasteiger partial charge on any atom is -0.455 e. The van der Waals surface area contributed by atoms with Crippen molar-refractivity contribution in [1.29, 1.82) is 0 Å². The Morgan fingerprint density at radius 2 is 1.00 bits per heavy atom. The third-order valence-electron chi connectivity index (χ3n) is 8.06. The molecule has 0 N–H and O–H groups in total. The lowest BCUT2D eigenvalue weighted by atomic mass is 9.97. The van der Waals surface area contributed by atoms with Gasteiger partial charge in [-0.2, -0.15) is 0 Å². The Kier molecular flexibility index (Phi) is 5.82. The highest BCUT2D eigenvalue weighted by Crippen LogP contribution is 2.47. The van der Waals surface area contributed by atoms with Gasteiger partial charge < -0.3 is 9.32 Å². The molecule has 7 aromatic carbocycles. The maximum Gasteiger partial charge on any atom is 0.145 e. The van der Waals surface area contributed by atoms with Gasteiger partial charge in [0.2, 0.25) is 0 Å². The van der Waals surface area contributed by atoms with Crippen LogP contribution in [0.25, 0.3) is 55.0 Å². The first-order valence-corrected chi connectivity index (χ1v) is 14.3. The predicted octanol–water partition coefficient (Wildman–Crippen LogP) is 11.5. The van der Waals surface area contributed by atoms with E-state index in [1.807, 2.05) is 0 Å². The third kappa shape index (κ3) is 4.05. The zero-order valence-corrected chi connectivity index (χ0v) is 22.9. The third-order valence-corrected chi connectivity index (χ3v) is 8.06. The summed E-state index contributed by atoms with van der Waals surface area (Å²) in [5.74, 6) is 0. The number of para-hydroxylation sites is 1. The van der Waals surface area contributed by atoms with E-state index in [0.717, 1.165) is 50.1 Å². The van der Waals surface area contributed by atoms with E-state index < -0.39 is 0 Å². The summed E-state index contributed by atoms with van der Waals surface area (Å²) in [5, 5.41) is 4.70. The molecule has 0 atom stereocenters. The zero-order valence-electron chi connectivity index (χ0n) is 22.9. The van der Waals surface area contributed by atoms with Crippen molar-refractivity contribution in [2.75, 3.05) is 4.90 Å². The van der Waals surface area contributed by atoms with E-state index in [0.29, 0.717) is 0 Å². The number of rotatable bonds is 5. The molecule has 0 saturated heterocycles. The van der Waals surface area contributed by atoms with E-state index in [-0.39, 0.29) is 0 Å². The van der Waals surface area contributed by atoms with Crippen molar-refractivity contribution in [2.45, 2.75) is 0 Å².